The predicted octanol–water partition coefficient (Wildman–Crippen LogP) is 3.83. The molecule has 0 aliphatic carbocycles. The second-order valence-corrected chi connectivity index (χ2v) is 4.47. The van der Waals surface area contributed by atoms with Gasteiger partial charge in [0.1, 0.15) is 0 Å². The number of carbonyl (C=O) groups excluding carboxylic acids is 1. The minimum absolute atomic E-state index is 0.0893. The molecule has 0 atom stereocenters. The number of nitro groups is 1. The molecule has 0 rings (SSSR count). The lowest BCUT2D eigenvalue weighted by Crippen LogP contribution is -1.99. The Kier molecular flexibility index (Phi) is 13.0. The van der Waals surface area contributed by atoms with Crippen molar-refractivity contribution in [3.63, 3.8) is 0 Å². The van der Waals surface area contributed by atoms with E-state index in [0.717, 1.165) is 32.1 Å². The first-order valence-electron chi connectivity index (χ1n) is 6.89. The topological polar surface area (TPSA) is 60.2 Å². The molecule has 0 N–H and O–H groups in total. The van der Waals surface area contributed by atoms with Gasteiger partial charge in [0.05, 0.1) is 0 Å². The molecule has 0 saturated carbocycles. The van der Waals surface area contributed by atoms with E-state index < -0.39 is 0 Å². The van der Waals surface area contributed by atoms with E-state index in [0.29, 0.717) is 12.8 Å². The lowest BCUT2D eigenvalue weighted by atomic mass is 10.1. The van der Waals surface area contributed by atoms with Crippen LogP contribution in [0.2, 0.25) is 0 Å². The summed E-state index contributed by atoms with van der Waals surface area (Å²) in [6.45, 7) is 0.0893. The van der Waals surface area contributed by atoms with Gasteiger partial charge in [-0.3, -0.25) is 14.9 Å². The van der Waals surface area contributed by atoms with E-state index >= 15 is 0 Å². The Morgan fingerprint density at radius 3 is 2.06 bits per heavy atom. The van der Waals surface area contributed by atoms with E-state index in [1.807, 2.05) is 6.29 Å². The van der Waals surface area contributed by atoms with Crippen molar-refractivity contribution in [2.75, 3.05) is 6.54 Å². The maximum absolute atomic E-state index is 10.1. The highest BCUT2D eigenvalue weighted by Crippen LogP contribution is 2.07. The first-order chi connectivity index (χ1) is 8.77. The Bertz CT molecular complexity index is 239. The number of allylic oxidation sites excluding steroid dienone is 2. The molecule has 18 heavy (non-hydrogen) atoms. The summed E-state index contributed by atoms with van der Waals surface area (Å²) in [6.07, 6.45) is 16.1. The summed E-state index contributed by atoms with van der Waals surface area (Å²) >= 11 is 0. The van der Waals surface area contributed by atoms with Gasteiger partial charge >= 0.3 is 0 Å². The van der Waals surface area contributed by atoms with E-state index in [1.54, 1.807) is 0 Å². The molecule has 103 valence electrons. The van der Waals surface area contributed by atoms with Gasteiger partial charge in [0.15, 0.2) is 6.29 Å². The summed E-state index contributed by atoms with van der Waals surface area (Å²) < 4.78 is 0. The Labute approximate surface area is 110 Å². The van der Waals surface area contributed by atoms with Crippen molar-refractivity contribution in [3.05, 3.63) is 22.3 Å². The van der Waals surface area contributed by atoms with E-state index in [1.165, 1.54) is 19.3 Å². The van der Waals surface area contributed by atoms with Crippen LogP contribution >= 0.6 is 0 Å². The van der Waals surface area contributed by atoms with Crippen molar-refractivity contribution >= 4 is 6.29 Å². The van der Waals surface area contributed by atoms with Gasteiger partial charge in [0.2, 0.25) is 6.54 Å². The average molecular weight is 254 g/mol. The highest BCUT2D eigenvalue weighted by molar-refractivity contribution is 5.50. The van der Waals surface area contributed by atoms with Crippen LogP contribution in [0.15, 0.2) is 12.2 Å². The second-order valence-electron chi connectivity index (χ2n) is 4.47. The number of nitrogens with zero attached hydrogens (tertiary/aromatic N) is 1. The first kappa shape index (κ1) is 16.8. The minimum Gasteiger partial charge on any atom is -0.291 e. The second kappa shape index (κ2) is 13.9. The monoisotopic (exact) mass is 254 g/mol. The zero-order chi connectivity index (χ0) is 13.5. The zero-order valence-electron chi connectivity index (χ0n) is 11.1. The van der Waals surface area contributed by atoms with Crippen LogP contribution in [-0.2, 0) is 4.79 Å². The summed E-state index contributed by atoms with van der Waals surface area (Å²) in [6, 6.07) is 0. The molecule has 0 heterocycles. The molecule has 0 fully saturated rings. The molecule has 1 radical (unpaired) electrons. The van der Waals surface area contributed by atoms with Crippen molar-refractivity contribution in [1.29, 1.82) is 0 Å². The number of hydrogen-bond acceptors (Lipinski definition) is 3. The van der Waals surface area contributed by atoms with Crippen LogP contribution in [0.5, 0.6) is 0 Å². The summed E-state index contributed by atoms with van der Waals surface area (Å²) in [4.78, 5) is 19.8. The average Bonchev–Trinajstić information content (AvgIpc) is 2.34. The van der Waals surface area contributed by atoms with Gasteiger partial charge in [-0.15, -0.1) is 0 Å². The summed E-state index contributed by atoms with van der Waals surface area (Å²) in [5, 5.41) is 10.1. The third kappa shape index (κ3) is 14.8. The van der Waals surface area contributed by atoms with Crippen LogP contribution in [0.1, 0.15) is 64.2 Å². The van der Waals surface area contributed by atoms with E-state index in [-0.39, 0.29) is 11.5 Å². The molecule has 0 aromatic heterocycles. The Hall–Kier alpha value is -1.19. The van der Waals surface area contributed by atoms with E-state index in [4.69, 9.17) is 0 Å². The molecular weight excluding hydrogens is 230 g/mol. The minimum atomic E-state index is -0.258. The van der Waals surface area contributed by atoms with Crippen molar-refractivity contribution in [2.45, 2.75) is 64.2 Å². The van der Waals surface area contributed by atoms with Crippen molar-refractivity contribution in [3.8, 4) is 0 Å². The quantitative estimate of drug-likeness (QED) is 0.217. The standard InChI is InChI=1S/C14H24NO3/c16-14-12-10-8-6-4-2-1-3-5-7-9-11-13-15(17)18/h3,5H,1-2,4,6-13H2/b5-3-. The fourth-order valence-corrected chi connectivity index (χ4v) is 1.73. The van der Waals surface area contributed by atoms with E-state index in [9.17, 15) is 14.9 Å². The SMILES string of the molecule is O=[C]CCCCCCC/C=C\CCCC[N+](=O)[O-]. The Morgan fingerprint density at radius 2 is 1.44 bits per heavy atom. The van der Waals surface area contributed by atoms with Crippen LogP contribution < -0.4 is 0 Å². The third-order valence-corrected chi connectivity index (χ3v) is 2.78. The molecule has 0 aliphatic rings. The first-order valence-corrected chi connectivity index (χ1v) is 6.89. The predicted molar refractivity (Wildman–Crippen MR) is 72.9 cm³/mol. The summed E-state index contributed by atoms with van der Waals surface area (Å²) in [5.74, 6) is 0. The molecule has 0 aromatic rings. The van der Waals surface area contributed by atoms with Crippen LogP contribution in [-0.4, -0.2) is 17.8 Å². The molecule has 0 bridgehead atoms. The molecule has 4 nitrogen and oxygen atoms in total. The van der Waals surface area contributed by atoms with Crippen LogP contribution in [0.4, 0.5) is 0 Å². The lowest BCUT2D eigenvalue weighted by molar-refractivity contribution is -0.480. The van der Waals surface area contributed by atoms with Gasteiger partial charge < -0.3 is 0 Å². The van der Waals surface area contributed by atoms with Gasteiger partial charge in [-0.2, -0.15) is 0 Å². The van der Waals surface area contributed by atoms with E-state index in [2.05, 4.69) is 12.2 Å². The largest absolute Gasteiger partial charge is 0.291 e. The summed E-state index contributed by atoms with van der Waals surface area (Å²) in [7, 11) is 0. The molecular formula is C14H24NO3. The van der Waals surface area contributed by atoms with Crippen LogP contribution in [0.25, 0.3) is 0 Å². The number of unbranched alkanes of at least 4 members (excludes halogenated alkanes) is 8. The zero-order valence-corrected chi connectivity index (χ0v) is 11.1. The molecule has 0 spiro atoms. The van der Waals surface area contributed by atoms with Gasteiger partial charge in [0.25, 0.3) is 0 Å². The lowest BCUT2D eigenvalue weighted by Gasteiger charge is -1.97. The molecule has 0 saturated heterocycles. The van der Waals surface area contributed by atoms with Gasteiger partial charge in [-0.1, -0.05) is 31.4 Å². The Morgan fingerprint density at radius 1 is 0.889 bits per heavy atom. The normalized spacial score (nSPS) is 10.9. The van der Waals surface area contributed by atoms with Crippen molar-refractivity contribution < 1.29 is 9.72 Å². The van der Waals surface area contributed by atoms with Crippen molar-refractivity contribution in [1.82, 2.24) is 0 Å². The third-order valence-electron chi connectivity index (χ3n) is 2.78. The highest BCUT2D eigenvalue weighted by Gasteiger charge is 1.94. The highest BCUT2D eigenvalue weighted by atomic mass is 16.6. The number of hydrogen-bond donors (Lipinski definition) is 0. The van der Waals surface area contributed by atoms with Gasteiger partial charge in [-0.25, -0.2) is 0 Å². The fourth-order valence-electron chi connectivity index (χ4n) is 1.73. The van der Waals surface area contributed by atoms with Crippen LogP contribution in [0, 0.1) is 10.1 Å². The molecule has 0 unspecified atom stereocenters. The maximum atomic E-state index is 10.1. The smallest absolute Gasteiger partial charge is 0.203 e. The number of rotatable bonds is 13. The van der Waals surface area contributed by atoms with Crippen LogP contribution in [0.3, 0.4) is 0 Å². The maximum Gasteiger partial charge on any atom is 0.203 e. The summed E-state index contributed by atoms with van der Waals surface area (Å²) in [5.41, 5.74) is 0. The van der Waals surface area contributed by atoms with Gasteiger partial charge in [0, 0.05) is 17.8 Å². The molecule has 0 aromatic carbocycles. The molecule has 4 heteroatoms. The molecule has 0 aliphatic heterocycles. The van der Waals surface area contributed by atoms with Gasteiger partial charge in [-0.05, 0) is 32.1 Å². The Balaban J connectivity index is 3.09. The fraction of sp³-hybridized carbons (Fsp3) is 0.786. The molecule has 0 amide bonds. The van der Waals surface area contributed by atoms with Crippen molar-refractivity contribution in [2.24, 2.45) is 0 Å².